The van der Waals surface area contributed by atoms with E-state index in [1.807, 2.05) is 6.92 Å². The molecule has 1 aliphatic heterocycles. The van der Waals surface area contributed by atoms with Crippen LogP contribution in [0.25, 0.3) is 0 Å². The van der Waals surface area contributed by atoms with Crippen molar-refractivity contribution in [2.75, 3.05) is 32.7 Å². The van der Waals surface area contributed by atoms with Crippen molar-refractivity contribution in [3.05, 3.63) is 65.5 Å². The normalized spacial score (nSPS) is 16.1. The summed E-state index contributed by atoms with van der Waals surface area (Å²) < 4.78 is 40.5. The molecule has 1 fully saturated rings. The van der Waals surface area contributed by atoms with Crippen molar-refractivity contribution in [3.63, 3.8) is 0 Å². The second-order valence-corrected chi connectivity index (χ2v) is 8.95. The maximum atomic E-state index is 13.6. The van der Waals surface area contributed by atoms with Gasteiger partial charge >= 0.3 is 0 Å². The Balaban J connectivity index is 1.49. The summed E-state index contributed by atoms with van der Waals surface area (Å²) in [5.74, 6) is -0.516. The molecule has 8 heteroatoms. The zero-order valence-electron chi connectivity index (χ0n) is 15.8. The predicted molar refractivity (Wildman–Crippen MR) is 104 cm³/mol. The number of quaternary nitrogens is 1. The number of nitrogens with zero attached hydrogens (tertiary/aromatic N) is 1. The minimum Gasteiger partial charge on any atom is -0.347 e. The number of amides is 1. The monoisotopic (exact) mass is 406 g/mol. The fourth-order valence-corrected chi connectivity index (χ4v) is 4.65. The molecule has 2 N–H and O–H groups in total. The summed E-state index contributed by atoms with van der Waals surface area (Å²) in [6.07, 6.45) is 0. The number of nitrogens with one attached hydrogen (secondary N) is 2. The summed E-state index contributed by atoms with van der Waals surface area (Å²) >= 11 is 0. The Kier molecular flexibility index (Phi) is 6.43. The predicted octanol–water partition coefficient (Wildman–Crippen LogP) is 0.340. The van der Waals surface area contributed by atoms with E-state index in [1.165, 1.54) is 10.4 Å². The lowest BCUT2D eigenvalue weighted by Crippen LogP contribution is -3.15. The second kappa shape index (κ2) is 8.81. The highest BCUT2D eigenvalue weighted by molar-refractivity contribution is 7.89. The number of sulfonamides is 1. The summed E-state index contributed by atoms with van der Waals surface area (Å²) in [5, 5.41) is 2.73. The van der Waals surface area contributed by atoms with Crippen LogP contribution in [-0.4, -0.2) is 51.4 Å². The van der Waals surface area contributed by atoms with Crippen molar-refractivity contribution < 1.29 is 22.5 Å². The number of benzene rings is 2. The molecule has 0 aromatic heterocycles. The zero-order chi connectivity index (χ0) is 20.1. The molecular weight excluding hydrogens is 381 g/mol. The lowest BCUT2D eigenvalue weighted by atomic mass is 10.2. The molecule has 3 rings (SSSR count). The Morgan fingerprint density at radius 2 is 1.75 bits per heavy atom. The first kappa shape index (κ1) is 20.4. The Morgan fingerprint density at radius 1 is 1.11 bits per heavy atom. The third-order valence-electron chi connectivity index (χ3n) is 4.93. The molecule has 6 nitrogen and oxygen atoms in total. The van der Waals surface area contributed by atoms with Gasteiger partial charge in [0.25, 0.3) is 5.91 Å². The van der Waals surface area contributed by atoms with E-state index in [9.17, 15) is 17.6 Å². The Hall–Kier alpha value is -2.29. The van der Waals surface area contributed by atoms with Crippen molar-refractivity contribution in [2.45, 2.75) is 18.4 Å². The van der Waals surface area contributed by atoms with Crippen molar-refractivity contribution in [3.8, 4) is 0 Å². The number of hydrogen-bond acceptors (Lipinski definition) is 3. The maximum absolute atomic E-state index is 13.6. The third kappa shape index (κ3) is 4.95. The van der Waals surface area contributed by atoms with Crippen LogP contribution in [0.3, 0.4) is 0 Å². The molecule has 0 unspecified atom stereocenters. The van der Waals surface area contributed by atoms with Crippen LogP contribution in [0, 0.1) is 12.7 Å². The van der Waals surface area contributed by atoms with E-state index in [2.05, 4.69) is 5.32 Å². The molecule has 1 heterocycles. The Labute approximate surface area is 165 Å². The number of aryl methyl sites for hydroxylation is 1. The topological polar surface area (TPSA) is 70.9 Å². The van der Waals surface area contributed by atoms with Gasteiger partial charge in [0.1, 0.15) is 5.82 Å². The Bertz CT molecular complexity index is 924. The van der Waals surface area contributed by atoms with E-state index in [4.69, 9.17) is 0 Å². The standard InChI is InChI=1S/C20H24FN3O3S/c1-16-6-8-18(9-7-16)28(26,27)24-12-10-23(11-13-24)15-20(25)22-14-17-4-2-3-5-19(17)21/h2-9H,10-15H2,1H3,(H,22,25)/p+1. The van der Waals surface area contributed by atoms with Crippen LogP contribution >= 0.6 is 0 Å². The highest BCUT2D eigenvalue weighted by atomic mass is 32.2. The van der Waals surface area contributed by atoms with E-state index in [0.717, 1.165) is 10.5 Å². The van der Waals surface area contributed by atoms with Gasteiger partial charge in [-0.05, 0) is 25.1 Å². The summed E-state index contributed by atoms with van der Waals surface area (Å²) in [5.41, 5.74) is 1.45. The van der Waals surface area contributed by atoms with Crippen LogP contribution < -0.4 is 10.2 Å². The average molecular weight is 407 g/mol. The van der Waals surface area contributed by atoms with Gasteiger partial charge in [-0.15, -0.1) is 0 Å². The first-order valence-corrected chi connectivity index (χ1v) is 10.7. The van der Waals surface area contributed by atoms with Gasteiger partial charge in [0, 0.05) is 12.1 Å². The molecular formula is C20H25FN3O3S+. The molecule has 0 aliphatic carbocycles. The van der Waals surface area contributed by atoms with Crippen molar-refractivity contribution in [1.29, 1.82) is 0 Å². The van der Waals surface area contributed by atoms with Gasteiger partial charge in [0.05, 0.1) is 31.1 Å². The van der Waals surface area contributed by atoms with Gasteiger partial charge in [-0.2, -0.15) is 4.31 Å². The van der Waals surface area contributed by atoms with Gasteiger partial charge in [-0.1, -0.05) is 35.9 Å². The number of carbonyl (C=O) groups is 1. The number of rotatable bonds is 6. The van der Waals surface area contributed by atoms with Crippen LogP contribution in [0.2, 0.25) is 0 Å². The summed E-state index contributed by atoms with van der Waals surface area (Å²) in [4.78, 5) is 13.5. The number of carbonyl (C=O) groups excluding carboxylic acids is 1. The molecule has 1 amide bonds. The minimum atomic E-state index is -3.50. The molecule has 0 saturated carbocycles. The van der Waals surface area contributed by atoms with Crippen LogP contribution in [0.1, 0.15) is 11.1 Å². The second-order valence-electron chi connectivity index (χ2n) is 7.01. The minimum absolute atomic E-state index is 0.146. The van der Waals surface area contributed by atoms with Gasteiger partial charge < -0.3 is 10.2 Å². The largest absolute Gasteiger partial charge is 0.347 e. The molecule has 2 aromatic rings. The first-order valence-electron chi connectivity index (χ1n) is 9.27. The number of hydrogen-bond donors (Lipinski definition) is 2. The van der Waals surface area contributed by atoms with Crippen LogP contribution in [0.15, 0.2) is 53.4 Å². The summed E-state index contributed by atoms with van der Waals surface area (Å²) in [6.45, 7) is 4.14. The van der Waals surface area contributed by atoms with E-state index in [-0.39, 0.29) is 24.8 Å². The molecule has 0 spiro atoms. The van der Waals surface area contributed by atoms with Crippen LogP contribution in [0.5, 0.6) is 0 Å². The highest BCUT2D eigenvalue weighted by Gasteiger charge is 2.31. The van der Waals surface area contributed by atoms with Gasteiger partial charge in [0.15, 0.2) is 6.54 Å². The van der Waals surface area contributed by atoms with E-state index in [0.29, 0.717) is 36.6 Å². The average Bonchev–Trinajstić information content (AvgIpc) is 2.68. The number of piperazine rings is 1. The lowest BCUT2D eigenvalue weighted by molar-refractivity contribution is -0.895. The SMILES string of the molecule is Cc1ccc(S(=O)(=O)N2CC[NH+](CC(=O)NCc3ccccc3F)CC2)cc1. The Morgan fingerprint density at radius 3 is 2.39 bits per heavy atom. The van der Waals surface area contributed by atoms with Crippen molar-refractivity contribution >= 4 is 15.9 Å². The maximum Gasteiger partial charge on any atom is 0.275 e. The molecule has 150 valence electrons. The highest BCUT2D eigenvalue weighted by Crippen LogP contribution is 2.16. The van der Waals surface area contributed by atoms with E-state index >= 15 is 0 Å². The fraction of sp³-hybridized carbons (Fsp3) is 0.350. The van der Waals surface area contributed by atoms with Gasteiger partial charge in [0.2, 0.25) is 10.0 Å². The summed E-state index contributed by atoms with van der Waals surface area (Å²) in [7, 11) is -3.50. The van der Waals surface area contributed by atoms with Crippen molar-refractivity contribution in [2.24, 2.45) is 0 Å². The fourth-order valence-electron chi connectivity index (χ4n) is 3.20. The van der Waals surface area contributed by atoms with Gasteiger partial charge in [-0.25, -0.2) is 12.8 Å². The molecule has 2 aromatic carbocycles. The van der Waals surface area contributed by atoms with Crippen molar-refractivity contribution in [1.82, 2.24) is 9.62 Å². The molecule has 1 aliphatic rings. The lowest BCUT2D eigenvalue weighted by Gasteiger charge is -2.31. The van der Waals surface area contributed by atoms with E-state index in [1.54, 1.807) is 42.5 Å². The van der Waals surface area contributed by atoms with Gasteiger partial charge in [-0.3, -0.25) is 4.79 Å². The molecule has 28 heavy (non-hydrogen) atoms. The third-order valence-corrected chi connectivity index (χ3v) is 6.85. The molecule has 0 radical (unpaired) electrons. The van der Waals surface area contributed by atoms with Crippen LogP contribution in [-0.2, 0) is 21.4 Å². The zero-order valence-corrected chi connectivity index (χ0v) is 16.6. The summed E-state index contributed by atoms with van der Waals surface area (Å²) in [6, 6.07) is 13.2. The van der Waals surface area contributed by atoms with Crippen LogP contribution in [0.4, 0.5) is 4.39 Å². The molecule has 1 saturated heterocycles. The number of halogens is 1. The quantitative estimate of drug-likeness (QED) is 0.727. The van der Waals surface area contributed by atoms with E-state index < -0.39 is 10.0 Å². The molecule has 0 atom stereocenters. The molecule has 0 bridgehead atoms. The first-order chi connectivity index (χ1) is 13.4. The smallest absolute Gasteiger partial charge is 0.275 e.